The summed E-state index contributed by atoms with van der Waals surface area (Å²) >= 11 is 0. The van der Waals surface area contributed by atoms with Crippen LogP contribution in [0.2, 0.25) is 0 Å². The van der Waals surface area contributed by atoms with Crippen molar-refractivity contribution in [1.82, 2.24) is 14.9 Å². The van der Waals surface area contributed by atoms with Crippen LogP contribution in [0.1, 0.15) is 10.4 Å². The van der Waals surface area contributed by atoms with Gasteiger partial charge in [0.1, 0.15) is 12.4 Å². The predicted octanol–water partition coefficient (Wildman–Crippen LogP) is 1.53. The molecule has 2 amide bonds. The molecule has 3 aromatic rings. The third kappa shape index (κ3) is 3.59. The molecule has 0 radical (unpaired) electrons. The molecule has 0 bridgehead atoms. The normalized spacial score (nSPS) is 10.5. The summed E-state index contributed by atoms with van der Waals surface area (Å²) in [4.78, 5) is 40.3. The summed E-state index contributed by atoms with van der Waals surface area (Å²) in [6, 6.07) is 10.1. The Kier molecular flexibility index (Phi) is 4.74. The SMILES string of the molecule is CNC(=O)c1cccc(NC(=O)Cn2cnc3ccc(F)cc3c2=O)c1. The van der Waals surface area contributed by atoms with Gasteiger partial charge in [-0.15, -0.1) is 0 Å². The number of rotatable bonds is 4. The fourth-order valence-electron chi connectivity index (χ4n) is 2.48. The molecule has 0 saturated carbocycles. The van der Waals surface area contributed by atoms with Crippen molar-refractivity contribution < 1.29 is 14.0 Å². The molecule has 0 atom stereocenters. The highest BCUT2D eigenvalue weighted by molar-refractivity contribution is 5.97. The van der Waals surface area contributed by atoms with E-state index in [-0.39, 0.29) is 17.8 Å². The smallest absolute Gasteiger partial charge is 0.261 e. The van der Waals surface area contributed by atoms with E-state index in [2.05, 4.69) is 15.6 Å². The zero-order valence-corrected chi connectivity index (χ0v) is 13.8. The molecule has 0 aliphatic heterocycles. The number of carbonyl (C=O) groups is 2. The van der Waals surface area contributed by atoms with Crippen LogP contribution in [0.5, 0.6) is 0 Å². The summed E-state index contributed by atoms with van der Waals surface area (Å²) < 4.78 is 14.4. The number of fused-ring (bicyclic) bond motifs is 1. The van der Waals surface area contributed by atoms with Crippen LogP contribution in [0.25, 0.3) is 10.9 Å². The van der Waals surface area contributed by atoms with Crippen LogP contribution in [0.3, 0.4) is 0 Å². The monoisotopic (exact) mass is 354 g/mol. The van der Waals surface area contributed by atoms with Crippen molar-refractivity contribution in [2.24, 2.45) is 0 Å². The van der Waals surface area contributed by atoms with Crippen molar-refractivity contribution in [1.29, 1.82) is 0 Å². The van der Waals surface area contributed by atoms with E-state index in [1.54, 1.807) is 18.2 Å². The van der Waals surface area contributed by atoms with Gasteiger partial charge in [0.15, 0.2) is 0 Å². The summed E-state index contributed by atoms with van der Waals surface area (Å²) in [6.45, 7) is -0.289. The molecule has 7 nitrogen and oxygen atoms in total. The Balaban J connectivity index is 1.80. The Bertz CT molecular complexity index is 1060. The molecule has 2 N–H and O–H groups in total. The van der Waals surface area contributed by atoms with Crippen molar-refractivity contribution in [2.75, 3.05) is 12.4 Å². The molecule has 3 rings (SSSR count). The van der Waals surface area contributed by atoms with Gasteiger partial charge in [-0.2, -0.15) is 0 Å². The first-order valence-electron chi connectivity index (χ1n) is 7.74. The topological polar surface area (TPSA) is 93.1 Å². The lowest BCUT2D eigenvalue weighted by Crippen LogP contribution is -2.28. The molecule has 132 valence electrons. The van der Waals surface area contributed by atoms with E-state index in [1.165, 1.54) is 31.6 Å². The summed E-state index contributed by atoms with van der Waals surface area (Å²) in [7, 11) is 1.51. The van der Waals surface area contributed by atoms with Gasteiger partial charge in [-0.25, -0.2) is 9.37 Å². The van der Waals surface area contributed by atoms with Crippen LogP contribution in [0, 0.1) is 5.82 Å². The second kappa shape index (κ2) is 7.14. The largest absolute Gasteiger partial charge is 0.355 e. The van der Waals surface area contributed by atoms with Crippen LogP contribution >= 0.6 is 0 Å². The minimum absolute atomic E-state index is 0.0990. The molecule has 0 fully saturated rings. The van der Waals surface area contributed by atoms with Crippen molar-refractivity contribution in [2.45, 2.75) is 6.54 Å². The van der Waals surface area contributed by atoms with Gasteiger partial charge in [0.2, 0.25) is 5.91 Å². The number of nitrogens with zero attached hydrogens (tertiary/aromatic N) is 2. The first kappa shape index (κ1) is 17.3. The number of carbonyl (C=O) groups excluding carboxylic acids is 2. The van der Waals surface area contributed by atoms with E-state index in [9.17, 15) is 18.8 Å². The molecule has 1 aromatic heterocycles. The number of aromatic nitrogens is 2. The number of benzene rings is 2. The maximum absolute atomic E-state index is 13.3. The highest BCUT2D eigenvalue weighted by Crippen LogP contribution is 2.11. The van der Waals surface area contributed by atoms with E-state index in [1.807, 2.05) is 0 Å². The number of nitrogens with one attached hydrogen (secondary N) is 2. The van der Waals surface area contributed by atoms with E-state index in [0.29, 0.717) is 16.8 Å². The zero-order chi connectivity index (χ0) is 18.7. The molecule has 0 unspecified atom stereocenters. The molecule has 1 heterocycles. The lowest BCUT2D eigenvalue weighted by atomic mass is 10.2. The van der Waals surface area contributed by atoms with Crippen LogP contribution in [0.4, 0.5) is 10.1 Å². The van der Waals surface area contributed by atoms with Crippen molar-refractivity contribution in [3.8, 4) is 0 Å². The van der Waals surface area contributed by atoms with Gasteiger partial charge in [-0.05, 0) is 36.4 Å². The van der Waals surface area contributed by atoms with E-state index >= 15 is 0 Å². The van der Waals surface area contributed by atoms with E-state index < -0.39 is 17.3 Å². The summed E-state index contributed by atoms with van der Waals surface area (Å²) in [6.07, 6.45) is 1.24. The highest BCUT2D eigenvalue weighted by atomic mass is 19.1. The highest BCUT2D eigenvalue weighted by Gasteiger charge is 2.10. The Morgan fingerprint density at radius 1 is 1.19 bits per heavy atom. The van der Waals surface area contributed by atoms with Gasteiger partial charge in [-0.3, -0.25) is 19.0 Å². The fourth-order valence-corrected chi connectivity index (χ4v) is 2.48. The molecular formula is C18H15FN4O3. The lowest BCUT2D eigenvalue weighted by Gasteiger charge is -2.09. The molecule has 0 aliphatic carbocycles. The Hall–Kier alpha value is -3.55. The quantitative estimate of drug-likeness (QED) is 0.743. The van der Waals surface area contributed by atoms with Crippen LogP contribution in [0.15, 0.2) is 53.6 Å². The molecule has 0 spiro atoms. The van der Waals surface area contributed by atoms with Gasteiger partial charge < -0.3 is 10.6 Å². The molecule has 2 aromatic carbocycles. The number of amides is 2. The minimum Gasteiger partial charge on any atom is -0.355 e. The van der Waals surface area contributed by atoms with Crippen molar-refractivity contribution in [3.63, 3.8) is 0 Å². The zero-order valence-electron chi connectivity index (χ0n) is 13.8. The molecular weight excluding hydrogens is 339 g/mol. The van der Waals surface area contributed by atoms with Crippen LogP contribution in [-0.4, -0.2) is 28.4 Å². The van der Waals surface area contributed by atoms with Crippen molar-refractivity contribution >= 4 is 28.4 Å². The second-order valence-electron chi connectivity index (χ2n) is 5.55. The first-order valence-corrected chi connectivity index (χ1v) is 7.74. The van der Waals surface area contributed by atoms with Gasteiger partial charge in [0, 0.05) is 18.3 Å². The Morgan fingerprint density at radius 2 is 2.00 bits per heavy atom. The summed E-state index contributed by atoms with van der Waals surface area (Å²) in [5.74, 6) is -1.30. The molecule has 0 aliphatic rings. The summed E-state index contributed by atoms with van der Waals surface area (Å²) in [5, 5.41) is 5.21. The van der Waals surface area contributed by atoms with Gasteiger partial charge in [-0.1, -0.05) is 6.07 Å². The van der Waals surface area contributed by atoms with Crippen LogP contribution in [-0.2, 0) is 11.3 Å². The lowest BCUT2D eigenvalue weighted by molar-refractivity contribution is -0.116. The Morgan fingerprint density at radius 3 is 2.77 bits per heavy atom. The maximum Gasteiger partial charge on any atom is 0.261 e. The minimum atomic E-state index is -0.551. The maximum atomic E-state index is 13.3. The summed E-state index contributed by atoms with van der Waals surface area (Å²) in [5.41, 5.74) is 0.657. The van der Waals surface area contributed by atoms with Gasteiger partial charge in [0.05, 0.1) is 17.2 Å². The number of hydrogen-bond acceptors (Lipinski definition) is 4. The standard InChI is InChI=1S/C18H15FN4O3/c1-20-17(25)11-3-2-4-13(7-11)22-16(24)9-23-10-21-15-6-5-12(19)8-14(15)18(23)26/h2-8,10H,9H2,1H3,(H,20,25)(H,22,24). The van der Waals surface area contributed by atoms with E-state index in [0.717, 1.165) is 10.6 Å². The van der Waals surface area contributed by atoms with Crippen molar-refractivity contribution in [3.05, 3.63) is 70.5 Å². The molecule has 0 saturated heterocycles. The average Bonchev–Trinajstić information content (AvgIpc) is 2.64. The number of hydrogen-bond donors (Lipinski definition) is 2. The second-order valence-corrected chi connectivity index (χ2v) is 5.55. The molecule has 8 heteroatoms. The fraction of sp³-hybridized carbons (Fsp3) is 0.111. The average molecular weight is 354 g/mol. The first-order chi connectivity index (χ1) is 12.5. The van der Waals surface area contributed by atoms with Crippen LogP contribution < -0.4 is 16.2 Å². The third-order valence-electron chi connectivity index (χ3n) is 3.74. The number of anilines is 1. The number of halogens is 1. The van der Waals surface area contributed by atoms with E-state index in [4.69, 9.17) is 0 Å². The van der Waals surface area contributed by atoms with Gasteiger partial charge >= 0.3 is 0 Å². The molecule has 26 heavy (non-hydrogen) atoms. The third-order valence-corrected chi connectivity index (χ3v) is 3.74. The van der Waals surface area contributed by atoms with Gasteiger partial charge in [0.25, 0.3) is 11.5 Å². The predicted molar refractivity (Wildman–Crippen MR) is 94.4 cm³/mol. The Labute approximate surface area is 147 Å².